The van der Waals surface area contributed by atoms with Crippen LogP contribution in [0.3, 0.4) is 0 Å². The van der Waals surface area contributed by atoms with Gasteiger partial charge in [-0.2, -0.15) is 4.98 Å². The van der Waals surface area contributed by atoms with Gasteiger partial charge in [0, 0.05) is 24.0 Å². The molecule has 27 heavy (non-hydrogen) atoms. The van der Waals surface area contributed by atoms with Crippen molar-refractivity contribution >= 4 is 17.5 Å². The highest BCUT2D eigenvalue weighted by molar-refractivity contribution is 5.63. The van der Waals surface area contributed by atoms with E-state index in [-0.39, 0.29) is 0 Å². The molecule has 0 saturated heterocycles. The van der Waals surface area contributed by atoms with Gasteiger partial charge in [0.05, 0.1) is 7.11 Å². The fraction of sp³-hybridized carbons (Fsp3) is 0.273. The van der Waals surface area contributed by atoms with Crippen molar-refractivity contribution in [2.45, 2.75) is 27.2 Å². The van der Waals surface area contributed by atoms with Gasteiger partial charge in [0.2, 0.25) is 5.95 Å². The summed E-state index contributed by atoms with van der Waals surface area (Å²) in [6.07, 6.45) is 0.889. The number of aryl methyl sites for hydroxylation is 3. The molecule has 0 bridgehead atoms. The van der Waals surface area contributed by atoms with E-state index in [1.54, 1.807) is 7.11 Å². The summed E-state index contributed by atoms with van der Waals surface area (Å²) in [5.74, 6) is 2.31. The number of methoxy groups -OCH3 is 1. The SMILES string of the molecule is COc1cccc(CCNc2cc(C)nc(Nc3c(C)cccc3C)n2)c1. The molecule has 1 heterocycles. The van der Waals surface area contributed by atoms with Gasteiger partial charge >= 0.3 is 0 Å². The molecule has 2 aromatic carbocycles. The van der Waals surface area contributed by atoms with Crippen LogP contribution in [0.4, 0.5) is 17.5 Å². The van der Waals surface area contributed by atoms with Crippen molar-refractivity contribution in [3.63, 3.8) is 0 Å². The summed E-state index contributed by atoms with van der Waals surface area (Å²) in [4.78, 5) is 9.14. The van der Waals surface area contributed by atoms with Crippen LogP contribution in [-0.4, -0.2) is 23.6 Å². The Morgan fingerprint density at radius 1 is 0.926 bits per heavy atom. The van der Waals surface area contributed by atoms with Gasteiger partial charge in [-0.3, -0.25) is 0 Å². The molecular formula is C22H26N4O. The molecule has 0 aliphatic heterocycles. The van der Waals surface area contributed by atoms with Crippen LogP contribution in [0.5, 0.6) is 5.75 Å². The minimum Gasteiger partial charge on any atom is -0.497 e. The van der Waals surface area contributed by atoms with Crippen molar-refractivity contribution in [3.8, 4) is 5.75 Å². The Kier molecular flexibility index (Phi) is 5.91. The molecule has 0 radical (unpaired) electrons. The molecule has 5 heteroatoms. The van der Waals surface area contributed by atoms with E-state index in [2.05, 4.69) is 64.8 Å². The zero-order chi connectivity index (χ0) is 19.2. The molecule has 140 valence electrons. The summed E-state index contributed by atoms with van der Waals surface area (Å²) in [6, 6.07) is 16.3. The first-order valence-electron chi connectivity index (χ1n) is 9.11. The summed E-state index contributed by atoms with van der Waals surface area (Å²) < 4.78 is 5.28. The molecule has 0 aliphatic rings. The fourth-order valence-electron chi connectivity index (χ4n) is 3.00. The third-order valence-corrected chi connectivity index (χ3v) is 4.43. The average Bonchev–Trinajstić information content (AvgIpc) is 2.65. The van der Waals surface area contributed by atoms with Crippen LogP contribution in [-0.2, 0) is 6.42 Å². The molecule has 3 aromatic rings. The lowest BCUT2D eigenvalue weighted by atomic mass is 10.1. The summed E-state index contributed by atoms with van der Waals surface area (Å²) in [6.45, 7) is 6.92. The van der Waals surface area contributed by atoms with Crippen LogP contribution >= 0.6 is 0 Å². The minimum absolute atomic E-state index is 0.608. The number of hydrogen-bond donors (Lipinski definition) is 2. The molecule has 5 nitrogen and oxygen atoms in total. The van der Waals surface area contributed by atoms with Crippen LogP contribution < -0.4 is 15.4 Å². The van der Waals surface area contributed by atoms with Crippen molar-refractivity contribution in [1.82, 2.24) is 9.97 Å². The second-order valence-electron chi connectivity index (χ2n) is 6.64. The summed E-state index contributed by atoms with van der Waals surface area (Å²) in [5, 5.41) is 6.76. The third-order valence-electron chi connectivity index (χ3n) is 4.43. The molecule has 1 aromatic heterocycles. The van der Waals surface area contributed by atoms with E-state index in [4.69, 9.17) is 4.74 Å². The van der Waals surface area contributed by atoms with E-state index in [0.29, 0.717) is 5.95 Å². The first kappa shape index (κ1) is 18.7. The van der Waals surface area contributed by atoms with E-state index in [1.165, 1.54) is 16.7 Å². The van der Waals surface area contributed by atoms with Gasteiger partial charge in [0.1, 0.15) is 11.6 Å². The molecule has 0 spiro atoms. The first-order chi connectivity index (χ1) is 13.0. The van der Waals surface area contributed by atoms with E-state index in [9.17, 15) is 0 Å². The quantitative estimate of drug-likeness (QED) is 0.632. The zero-order valence-electron chi connectivity index (χ0n) is 16.3. The second kappa shape index (κ2) is 8.54. The van der Waals surface area contributed by atoms with Crippen LogP contribution in [0.1, 0.15) is 22.4 Å². The summed E-state index contributed by atoms with van der Waals surface area (Å²) in [7, 11) is 1.69. The van der Waals surface area contributed by atoms with Crippen molar-refractivity contribution in [2.75, 3.05) is 24.3 Å². The number of anilines is 3. The number of rotatable bonds is 7. The van der Waals surface area contributed by atoms with E-state index >= 15 is 0 Å². The Balaban J connectivity index is 1.68. The Morgan fingerprint density at radius 3 is 2.41 bits per heavy atom. The van der Waals surface area contributed by atoms with Gasteiger partial charge in [0.15, 0.2) is 0 Å². The van der Waals surface area contributed by atoms with Crippen molar-refractivity contribution < 1.29 is 4.74 Å². The number of para-hydroxylation sites is 1. The predicted octanol–water partition coefficient (Wildman–Crippen LogP) is 4.81. The van der Waals surface area contributed by atoms with Gasteiger partial charge in [-0.25, -0.2) is 4.98 Å². The highest BCUT2D eigenvalue weighted by Crippen LogP contribution is 2.23. The molecule has 0 saturated carbocycles. The smallest absolute Gasteiger partial charge is 0.229 e. The Hall–Kier alpha value is -3.08. The Morgan fingerprint density at radius 2 is 1.67 bits per heavy atom. The fourth-order valence-corrected chi connectivity index (χ4v) is 3.00. The van der Waals surface area contributed by atoms with Gasteiger partial charge in [-0.1, -0.05) is 30.3 Å². The number of nitrogens with zero attached hydrogens (tertiary/aromatic N) is 2. The van der Waals surface area contributed by atoms with Gasteiger partial charge < -0.3 is 15.4 Å². The highest BCUT2D eigenvalue weighted by Gasteiger charge is 2.07. The van der Waals surface area contributed by atoms with Crippen molar-refractivity contribution in [3.05, 3.63) is 70.9 Å². The maximum Gasteiger partial charge on any atom is 0.229 e. The number of ether oxygens (including phenoxy) is 1. The highest BCUT2D eigenvalue weighted by atomic mass is 16.5. The van der Waals surface area contributed by atoms with Crippen LogP contribution in [0, 0.1) is 20.8 Å². The molecule has 0 unspecified atom stereocenters. The molecule has 0 fully saturated rings. The molecule has 0 amide bonds. The lowest BCUT2D eigenvalue weighted by Gasteiger charge is -2.13. The van der Waals surface area contributed by atoms with Crippen molar-refractivity contribution in [2.24, 2.45) is 0 Å². The van der Waals surface area contributed by atoms with E-state index < -0.39 is 0 Å². The number of hydrogen-bond acceptors (Lipinski definition) is 5. The number of nitrogens with one attached hydrogen (secondary N) is 2. The van der Waals surface area contributed by atoms with Crippen LogP contribution in [0.25, 0.3) is 0 Å². The molecular weight excluding hydrogens is 336 g/mol. The minimum atomic E-state index is 0.608. The zero-order valence-corrected chi connectivity index (χ0v) is 16.3. The molecule has 0 aliphatic carbocycles. The van der Waals surface area contributed by atoms with Gasteiger partial charge in [-0.05, 0) is 56.0 Å². The monoisotopic (exact) mass is 362 g/mol. The van der Waals surface area contributed by atoms with E-state index in [1.807, 2.05) is 25.1 Å². The average molecular weight is 362 g/mol. The normalized spacial score (nSPS) is 10.5. The van der Waals surface area contributed by atoms with Crippen LogP contribution in [0.15, 0.2) is 48.5 Å². The Bertz CT molecular complexity index is 904. The van der Waals surface area contributed by atoms with Crippen molar-refractivity contribution in [1.29, 1.82) is 0 Å². The largest absolute Gasteiger partial charge is 0.497 e. The molecule has 2 N–H and O–H groups in total. The topological polar surface area (TPSA) is 59.1 Å². The van der Waals surface area contributed by atoms with E-state index in [0.717, 1.165) is 35.9 Å². The number of aromatic nitrogens is 2. The third kappa shape index (κ3) is 4.97. The lowest BCUT2D eigenvalue weighted by Crippen LogP contribution is -2.09. The second-order valence-corrected chi connectivity index (χ2v) is 6.64. The molecule has 3 rings (SSSR count). The maximum absolute atomic E-state index is 5.28. The maximum atomic E-state index is 5.28. The lowest BCUT2D eigenvalue weighted by molar-refractivity contribution is 0.414. The summed E-state index contributed by atoms with van der Waals surface area (Å²) >= 11 is 0. The standard InChI is InChI=1S/C22H26N4O/c1-15-7-5-8-16(2)21(15)26-22-24-17(3)13-20(25-22)23-12-11-18-9-6-10-19(14-18)27-4/h5-10,13-14H,11-12H2,1-4H3,(H2,23,24,25,26). The van der Waals surface area contributed by atoms with Gasteiger partial charge in [0.25, 0.3) is 0 Å². The van der Waals surface area contributed by atoms with Crippen LogP contribution in [0.2, 0.25) is 0 Å². The predicted molar refractivity (Wildman–Crippen MR) is 111 cm³/mol. The Labute approximate surface area is 160 Å². The number of benzene rings is 2. The van der Waals surface area contributed by atoms with Gasteiger partial charge in [-0.15, -0.1) is 0 Å². The summed E-state index contributed by atoms with van der Waals surface area (Å²) in [5.41, 5.74) is 5.55. The molecule has 0 atom stereocenters. The first-order valence-corrected chi connectivity index (χ1v) is 9.11.